The molecule has 0 N–H and O–H groups in total. The number of carbonyl (C=O) groups is 1. The molecule has 0 fully saturated rings. The summed E-state index contributed by atoms with van der Waals surface area (Å²) in [5, 5.41) is 0. The maximum atomic E-state index is 11.2. The lowest BCUT2D eigenvalue weighted by Crippen LogP contribution is -2.25. The third kappa shape index (κ3) is 2.90. The van der Waals surface area contributed by atoms with Crippen LogP contribution in [0, 0.1) is 6.42 Å². The van der Waals surface area contributed by atoms with Crippen LogP contribution in [0.1, 0.15) is 12.5 Å². The predicted molar refractivity (Wildman–Crippen MR) is 52.9 cm³/mol. The molecule has 2 heteroatoms. The maximum Gasteiger partial charge on any atom is 0.226 e. The lowest BCUT2D eigenvalue weighted by Gasteiger charge is -2.15. The molecule has 13 heavy (non-hydrogen) atoms. The van der Waals surface area contributed by atoms with E-state index in [1.807, 2.05) is 30.3 Å². The van der Waals surface area contributed by atoms with Crippen molar-refractivity contribution in [3.8, 4) is 0 Å². The zero-order valence-electron chi connectivity index (χ0n) is 8.03. The molecule has 1 radical (unpaired) electrons. The molecule has 0 aliphatic rings. The van der Waals surface area contributed by atoms with Gasteiger partial charge in [-0.1, -0.05) is 37.3 Å². The lowest BCUT2D eigenvalue weighted by atomic mass is 10.2. The van der Waals surface area contributed by atoms with E-state index >= 15 is 0 Å². The average Bonchev–Trinajstić information content (AvgIpc) is 2.18. The Balaban J connectivity index is 2.55. The normalized spacial score (nSPS) is 9.69. The number of carbonyl (C=O) groups excluding carboxylic acids is 1. The molecule has 0 saturated heterocycles. The van der Waals surface area contributed by atoms with E-state index in [0.29, 0.717) is 6.54 Å². The number of nitrogens with zero attached hydrogens (tertiary/aromatic N) is 1. The zero-order chi connectivity index (χ0) is 9.68. The van der Waals surface area contributed by atoms with Crippen molar-refractivity contribution in [2.45, 2.75) is 13.5 Å². The second-order valence-electron chi connectivity index (χ2n) is 2.97. The van der Waals surface area contributed by atoms with E-state index in [1.165, 1.54) is 0 Å². The van der Waals surface area contributed by atoms with Gasteiger partial charge in [0.25, 0.3) is 0 Å². The van der Waals surface area contributed by atoms with Gasteiger partial charge >= 0.3 is 0 Å². The van der Waals surface area contributed by atoms with E-state index in [0.717, 1.165) is 5.56 Å². The molecule has 0 saturated carbocycles. The average molecular weight is 176 g/mol. The van der Waals surface area contributed by atoms with Crippen LogP contribution in [-0.2, 0) is 11.3 Å². The van der Waals surface area contributed by atoms with Crippen LogP contribution in [0.5, 0.6) is 0 Å². The Labute approximate surface area is 79.2 Å². The van der Waals surface area contributed by atoms with Gasteiger partial charge in [-0.3, -0.25) is 4.79 Å². The van der Waals surface area contributed by atoms with Crippen molar-refractivity contribution in [3.63, 3.8) is 0 Å². The molecule has 0 bridgehead atoms. The molecule has 0 unspecified atom stereocenters. The highest BCUT2D eigenvalue weighted by Gasteiger charge is 2.05. The second kappa shape index (κ2) is 4.65. The van der Waals surface area contributed by atoms with Crippen molar-refractivity contribution in [2.75, 3.05) is 7.05 Å². The predicted octanol–water partition coefficient (Wildman–Crippen LogP) is 1.87. The molecule has 1 rings (SSSR count). The van der Waals surface area contributed by atoms with Crippen molar-refractivity contribution in [3.05, 3.63) is 42.3 Å². The lowest BCUT2D eigenvalue weighted by molar-refractivity contribution is -0.126. The van der Waals surface area contributed by atoms with Gasteiger partial charge in [-0.2, -0.15) is 0 Å². The summed E-state index contributed by atoms with van der Waals surface area (Å²) in [7, 11) is 1.80. The first-order valence-corrected chi connectivity index (χ1v) is 4.32. The van der Waals surface area contributed by atoms with Gasteiger partial charge in [0.05, 0.1) is 0 Å². The van der Waals surface area contributed by atoms with Crippen molar-refractivity contribution in [2.24, 2.45) is 0 Å². The van der Waals surface area contributed by atoms with Crippen LogP contribution < -0.4 is 0 Å². The minimum atomic E-state index is 0.0591. The van der Waals surface area contributed by atoms with E-state index in [9.17, 15) is 4.79 Å². The van der Waals surface area contributed by atoms with Crippen LogP contribution in [0.2, 0.25) is 0 Å². The summed E-state index contributed by atoms with van der Waals surface area (Å²) in [6, 6.07) is 9.95. The molecule has 2 nitrogen and oxygen atoms in total. The van der Waals surface area contributed by atoms with Gasteiger partial charge < -0.3 is 4.90 Å². The van der Waals surface area contributed by atoms with Crippen LogP contribution in [-0.4, -0.2) is 17.9 Å². The summed E-state index contributed by atoms with van der Waals surface area (Å²) in [6.07, 6.45) is 1.57. The van der Waals surface area contributed by atoms with Gasteiger partial charge in [0.1, 0.15) is 0 Å². The Morgan fingerprint density at radius 1 is 1.38 bits per heavy atom. The summed E-state index contributed by atoms with van der Waals surface area (Å²) < 4.78 is 0. The van der Waals surface area contributed by atoms with E-state index < -0.39 is 0 Å². The molecule has 1 aromatic carbocycles. The van der Waals surface area contributed by atoms with Crippen LogP contribution >= 0.6 is 0 Å². The SMILES string of the molecule is C[CH]C(=O)N(C)Cc1ccccc1. The fourth-order valence-electron chi connectivity index (χ4n) is 1.16. The number of amides is 1. The molecule has 0 atom stereocenters. The molecule has 0 heterocycles. The third-order valence-corrected chi connectivity index (χ3v) is 1.89. The summed E-state index contributed by atoms with van der Waals surface area (Å²) in [5.74, 6) is 0.0591. The van der Waals surface area contributed by atoms with Gasteiger partial charge in [-0.25, -0.2) is 0 Å². The topological polar surface area (TPSA) is 20.3 Å². The van der Waals surface area contributed by atoms with Gasteiger partial charge in [-0.05, 0) is 5.56 Å². The van der Waals surface area contributed by atoms with Crippen LogP contribution in [0.3, 0.4) is 0 Å². The molecule has 0 aromatic heterocycles. The number of rotatable bonds is 3. The largest absolute Gasteiger partial charge is 0.341 e. The highest BCUT2D eigenvalue weighted by atomic mass is 16.2. The molecular formula is C11H14NO. The van der Waals surface area contributed by atoms with Crippen LogP contribution in [0.15, 0.2) is 30.3 Å². The van der Waals surface area contributed by atoms with E-state index in [2.05, 4.69) is 0 Å². The first kappa shape index (κ1) is 9.78. The van der Waals surface area contributed by atoms with E-state index in [1.54, 1.807) is 25.3 Å². The molecule has 1 amide bonds. The van der Waals surface area contributed by atoms with Crippen molar-refractivity contribution >= 4 is 5.91 Å². The van der Waals surface area contributed by atoms with Gasteiger partial charge in [-0.15, -0.1) is 0 Å². The Morgan fingerprint density at radius 2 is 2.00 bits per heavy atom. The highest BCUT2D eigenvalue weighted by molar-refractivity contribution is 5.83. The Kier molecular flexibility index (Phi) is 3.50. The van der Waals surface area contributed by atoms with Gasteiger partial charge in [0.15, 0.2) is 0 Å². The van der Waals surface area contributed by atoms with Crippen molar-refractivity contribution < 1.29 is 4.79 Å². The fourth-order valence-corrected chi connectivity index (χ4v) is 1.16. The molecule has 69 valence electrons. The first-order valence-electron chi connectivity index (χ1n) is 4.32. The number of benzene rings is 1. The molecule has 0 spiro atoms. The first-order chi connectivity index (χ1) is 6.24. The Hall–Kier alpha value is -1.31. The van der Waals surface area contributed by atoms with E-state index in [-0.39, 0.29) is 5.91 Å². The van der Waals surface area contributed by atoms with Crippen LogP contribution in [0.4, 0.5) is 0 Å². The Bertz CT molecular complexity index is 269. The number of hydrogen-bond acceptors (Lipinski definition) is 1. The molecule has 0 aliphatic heterocycles. The molecular weight excluding hydrogens is 162 g/mol. The van der Waals surface area contributed by atoms with E-state index in [4.69, 9.17) is 0 Å². The minimum Gasteiger partial charge on any atom is -0.341 e. The third-order valence-electron chi connectivity index (χ3n) is 1.89. The summed E-state index contributed by atoms with van der Waals surface area (Å²) in [5.41, 5.74) is 1.15. The quantitative estimate of drug-likeness (QED) is 0.688. The minimum absolute atomic E-state index is 0.0591. The second-order valence-corrected chi connectivity index (χ2v) is 2.97. The van der Waals surface area contributed by atoms with Crippen LogP contribution in [0.25, 0.3) is 0 Å². The maximum absolute atomic E-state index is 11.2. The fraction of sp³-hybridized carbons (Fsp3) is 0.273. The summed E-state index contributed by atoms with van der Waals surface area (Å²) in [6.45, 7) is 2.42. The standard InChI is InChI=1S/C11H14NO/c1-3-11(13)12(2)9-10-7-5-4-6-8-10/h3-8H,9H2,1-2H3. The van der Waals surface area contributed by atoms with Crippen molar-refractivity contribution in [1.82, 2.24) is 4.90 Å². The van der Waals surface area contributed by atoms with Crippen molar-refractivity contribution in [1.29, 1.82) is 0 Å². The zero-order valence-corrected chi connectivity index (χ0v) is 8.03. The summed E-state index contributed by atoms with van der Waals surface area (Å²) in [4.78, 5) is 12.9. The van der Waals surface area contributed by atoms with Gasteiger partial charge in [0.2, 0.25) is 5.91 Å². The smallest absolute Gasteiger partial charge is 0.226 e. The highest BCUT2D eigenvalue weighted by Crippen LogP contribution is 2.02. The molecule has 0 aliphatic carbocycles. The summed E-state index contributed by atoms with van der Waals surface area (Å²) >= 11 is 0. The monoisotopic (exact) mass is 176 g/mol. The molecule has 1 aromatic rings. The van der Waals surface area contributed by atoms with Gasteiger partial charge in [0, 0.05) is 20.0 Å². The Morgan fingerprint density at radius 3 is 2.54 bits per heavy atom. The number of hydrogen-bond donors (Lipinski definition) is 0.